The Labute approximate surface area is 112 Å². The van der Waals surface area contributed by atoms with Crippen LogP contribution in [-0.2, 0) is 6.42 Å². The summed E-state index contributed by atoms with van der Waals surface area (Å²) < 4.78 is 5.79. The first-order valence-electron chi connectivity index (χ1n) is 5.94. The van der Waals surface area contributed by atoms with Gasteiger partial charge in [0.25, 0.3) is 0 Å². The van der Waals surface area contributed by atoms with Crippen molar-refractivity contribution in [3.8, 4) is 5.88 Å². The van der Waals surface area contributed by atoms with E-state index in [1.54, 1.807) is 6.07 Å². The van der Waals surface area contributed by atoms with E-state index in [0.717, 1.165) is 12.0 Å². The molecule has 1 aromatic heterocycles. The number of hydrogen-bond donors (Lipinski definition) is 0. The van der Waals surface area contributed by atoms with Crippen LogP contribution in [0.2, 0.25) is 5.15 Å². The van der Waals surface area contributed by atoms with Gasteiger partial charge in [-0.2, -0.15) is 4.98 Å². The Kier molecular flexibility index (Phi) is 4.15. The molecule has 0 radical (unpaired) electrons. The summed E-state index contributed by atoms with van der Waals surface area (Å²) in [7, 11) is 0. The Hall–Kier alpha value is -1.61. The molecule has 0 fully saturated rings. The SMILES string of the molecule is CCc1nc(Cl)cc(OC(C)c2ccccc2)n1. The molecule has 1 atom stereocenters. The lowest BCUT2D eigenvalue weighted by Gasteiger charge is -2.14. The highest BCUT2D eigenvalue weighted by atomic mass is 35.5. The van der Waals surface area contributed by atoms with Crippen LogP contribution >= 0.6 is 11.6 Å². The summed E-state index contributed by atoms with van der Waals surface area (Å²) in [5.74, 6) is 1.21. The van der Waals surface area contributed by atoms with E-state index in [0.29, 0.717) is 16.9 Å². The summed E-state index contributed by atoms with van der Waals surface area (Å²) >= 11 is 5.93. The van der Waals surface area contributed by atoms with Crippen LogP contribution in [0.5, 0.6) is 5.88 Å². The van der Waals surface area contributed by atoms with Crippen molar-refractivity contribution in [2.45, 2.75) is 26.4 Å². The molecule has 4 heteroatoms. The van der Waals surface area contributed by atoms with Crippen LogP contribution in [0.4, 0.5) is 0 Å². The highest BCUT2D eigenvalue weighted by molar-refractivity contribution is 6.29. The minimum absolute atomic E-state index is 0.0677. The summed E-state index contributed by atoms with van der Waals surface area (Å²) in [5, 5.41) is 0.414. The standard InChI is InChI=1S/C14H15ClN2O/c1-3-13-16-12(15)9-14(17-13)18-10(2)11-7-5-4-6-8-11/h4-10H,3H2,1-2H3. The number of aromatic nitrogens is 2. The molecule has 0 bridgehead atoms. The lowest BCUT2D eigenvalue weighted by molar-refractivity contribution is 0.216. The third kappa shape index (κ3) is 3.20. The van der Waals surface area contributed by atoms with Gasteiger partial charge >= 0.3 is 0 Å². The Balaban J connectivity index is 2.16. The predicted molar refractivity (Wildman–Crippen MR) is 71.9 cm³/mol. The molecule has 0 aliphatic rings. The van der Waals surface area contributed by atoms with E-state index in [2.05, 4.69) is 9.97 Å². The summed E-state index contributed by atoms with van der Waals surface area (Å²) in [6, 6.07) is 11.6. The zero-order valence-electron chi connectivity index (χ0n) is 10.4. The number of aryl methyl sites for hydroxylation is 1. The van der Waals surface area contributed by atoms with Gasteiger partial charge in [0, 0.05) is 12.5 Å². The first-order valence-corrected chi connectivity index (χ1v) is 6.32. The van der Waals surface area contributed by atoms with Crippen molar-refractivity contribution < 1.29 is 4.74 Å². The molecule has 0 aliphatic heterocycles. The normalized spacial score (nSPS) is 12.2. The van der Waals surface area contributed by atoms with Crippen molar-refractivity contribution in [3.05, 3.63) is 52.9 Å². The quantitative estimate of drug-likeness (QED) is 0.786. The fourth-order valence-electron chi connectivity index (χ4n) is 1.63. The third-order valence-electron chi connectivity index (χ3n) is 2.60. The highest BCUT2D eigenvalue weighted by Gasteiger charge is 2.09. The van der Waals surface area contributed by atoms with E-state index >= 15 is 0 Å². The van der Waals surface area contributed by atoms with Crippen molar-refractivity contribution in [1.82, 2.24) is 9.97 Å². The van der Waals surface area contributed by atoms with E-state index in [9.17, 15) is 0 Å². The number of halogens is 1. The van der Waals surface area contributed by atoms with Crippen LogP contribution in [0.15, 0.2) is 36.4 Å². The van der Waals surface area contributed by atoms with Gasteiger partial charge in [0.15, 0.2) is 0 Å². The van der Waals surface area contributed by atoms with Gasteiger partial charge in [-0.05, 0) is 12.5 Å². The van der Waals surface area contributed by atoms with Crippen molar-refractivity contribution >= 4 is 11.6 Å². The van der Waals surface area contributed by atoms with Crippen LogP contribution in [-0.4, -0.2) is 9.97 Å². The second-order valence-corrected chi connectivity index (χ2v) is 4.36. The molecule has 94 valence electrons. The fraction of sp³-hybridized carbons (Fsp3) is 0.286. The number of nitrogens with zero attached hydrogens (tertiary/aromatic N) is 2. The molecule has 0 aliphatic carbocycles. The summed E-state index contributed by atoms with van der Waals surface area (Å²) in [6.07, 6.45) is 0.665. The number of ether oxygens (including phenoxy) is 1. The zero-order valence-corrected chi connectivity index (χ0v) is 11.2. The van der Waals surface area contributed by atoms with Crippen LogP contribution in [0.1, 0.15) is 31.3 Å². The molecule has 0 N–H and O–H groups in total. The second-order valence-electron chi connectivity index (χ2n) is 3.97. The van der Waals surface area contributed by atoms with Crippen LogP contribution < -0.4 is 4.74 Å². The summed E-state index contributed by atoms with van der Waals surface area (Å²) in [5.41, 5.74) is 1.10. The highest BCUT2D eigenvalue weighted by Crippen LogP contribution is 2.21. The van der Waals surface area contributed by atoms with Gasteiger partial charge in [-0.1, -0.05) is 48.9 Å². The number of benzene rings is 1. The average Bonchev–Trinajstić information content (AvgIpc) is 2.39. The first kappa shape index (κ1) is 12.8. The van der Waals surface area contributed by atoms with Crippen molar-refractivity contribution in [2.24, 2.45) is 0 Å². The third-order valence-corrected chi connectivity index (χ3v) is 2.79. The van der Waals surface area contributed by atoms with E-state index in [-0.39, 0.29) is 6.10 Å². The van der Waals surface area contributed by atoms with Gasteiger partial charge < -0.3 is 4.74 Å². The van der Waals surface area contributed by atoms with Gasteiger partial charge in [-0.15, -0.1) is 0 Å². The minimum atomic E-state index is -0.0677. The summed E-state index contributed by atoms with van der Waals surface area (Å²) in [6.45, 7) is 3.97. The predicted octanol–water partition coefficient (Wildman–Crippen LogP) is 3.83. The van der Waals surface area contributed by atoms with Gasteiger partial charge in [-0.3, -0.25) is 0 Å². The zero-order chi connectivity index (χ0) is 13.0. The Morgan fingerprint density at radius 1 is 1.22 bits per heavy atom. The minimum Gasteiger partial charge on any atom is -0.470 e. The molecule has 2 rings (SSSR count). The lowest BCUT2D eigenvalue weighted by Crippen LogP contribution is -2.05. The van der Waals surface area contributed by atoms with Crippen LogP contribution in [0.25, 0.3) is 0 Å². The molecule has 1 heterocycles. The Bertz CT molecular complexity index is 516. The smallest absolute Gasteiger partial charge is 0.218 e. The number of hydrogen-bond acceptors (Lipinski definition) is 3. The molecule has 0 spiro atoms. The van der Waals surface area contributed by atoms with Gasteiger partial charge in [-0.25, -0.2) is 4.98 Å². The Morgan fingerprint density at radius 3 is 2.61 bits per heavy atom. The molecule has 1 aromatic carbocycles. The van der Waals surface area contributed by atoms with Crippen molar-refractivity contribution in [3.63, 3.8) is 0 Å². The first-order chi connectivity index (χ1) is 8.69. The molecule has 18 heavy (non-hydrogen) atoms. The van der Waals surface area contributed by atoms with Gasteiger partial charge in [0.1, 0.15) is 17.1 Å². The van der Waals surface area contributed by atoms with E-state index in [1.807, 2.05) is 44.2 Å². The molecule has 2 aromatic rings. The van der Waals surface area contributed by atoms with Crippen LogP contribution in [0.3, 0.4) is 0 Å². The molecular formula is C14H15ClN2O. The second kappa shape index (κ2) is 5.83. The lowest BCUT2D eigenvalue weighted by atomic mass is 10.1. The fourth-order valence-corrected chi connectivity index (χ4v) is 1.82. The maximum atomic E-state index is 5.93. The van der Waals surface area contributed by atoms with Crippen LogP contribution in [0, 0.1) is 0 Å². The molecule has 3 nitrogen and oxygen atoms in total. The number of rotatable bonds is 4. The topological polar surface area (TPSA) is 35.0 Å². The molecule has 0 saturated heterocycles. The van der Waals surface area contributed by atoms with E-state index in [1.165, 1.54) is 0 Å². The molecule has 1 unspecified atom stereocenters. The van der Waals surface area contributed by atoms with E-state index < -0.39 is 0 Å². The van der Waals surface area contributed by atoms with Crippen molar-refractivity contribution in [1.29, 1.82) is 0 Å². The van der Waals surface area contributed by atoms with Gasteiger partial charge in [0.05, 0.1) is 0 Å². The maximum Gasteiger partial charge on any atom is 0.218 e. The van der Waals surface area contributed by atoms with E-state index in [4.69, 9.17) is 16.3 Å². The molecule has 0 saturated carbocycles. The maximum absolute atomic E-state index is 5.93. The monoisotopic (exact) mass is 262 g/mol. The van der Waals surface area contributed by atoms with Crippen molar-refractivity contribution in [2.75, 3.05) is 0 Å². The molecule has 0 amide bonds. The van der Waals surface area contributed by atoms with Gasteiger partial charge in [0.2, 0.25) is 5.88 Å². The Morgan fingerprint density at radius 2 is 1.94 bits per heavy atom. The largest absolute Gasteiger partial charge is 0.470 e. The summed E-state index contributed by atoms with van der Waals surface area (Å²) in [4.78, 5) is 8.41. The molecular weight excluding hydrogens is 248 g/mol. The average molecular weight is 263 g/mol.